The zero-order valence-corrected chi connectivity index (χ0v) is 12.8. The van der Waals surface area contributed by atoms with E-state index in [-0.39, 0.29) is 24.3 Å². The first-order valence-corrected chi connectivity index (χ1v) is 7.52. The minimum absolute atomic E-state index is 0.133. The highest BCUT2D eigenvalue weighted by molar-refractivity contribution is 6.13. The van der Waals surface area contributed by atoms with Crippen molar-refractivity contribution in [1.82, 2.24) is 5.32 Å². The molecule has 1 heterocycles. The van der Waals surface area contributed by atoms with Crippen LogP contribution in [0.2, 0.25) is 0 Å². The molecule has 2 rings (SSSR count). The highest BCUT2D eigenvalue weighted by Gasteiger charge is 2.22. The normalized spacial score (nSPS) is 17.3. The molecule has 0 bridgehead atoms. The third-order valence-corrected chi connectivity index (χ3v) is 3.91. The maximum absolute atomic E-state index is 11.7. The molecule has 2 atom stereocenters. The molecule has 1 aliphatic heterocycles. The van der Waals surface area contributed by atoms with Crippen LogP contribution in [-0.4, -0.2) is 18.4 Å². The van der Waals surface area contributed by atoms with Gasteiger partial charge in [0.25, 0.3) is 0 Å². The van der Waals surface area contributed by atoms with Gasteiger partial charge in [-0.3, -0.25) is 9.59 Å². The second kappa shape index (κ2) is 6.72. The zero-order valence-electron chi connectivity index (χ0n) is 12.8. The first-order chi connectivity index (χ1) is 10.0. The van der Waals surface area contributed by atoms with Crippen LogP contribution < -0.4 is 16.0 Å². The number of amides is 2. The van der Waals surface area contributed by atoms with Gasteiger partial charge in [-0.25, -0.2) is 0 Å². The van der Waals surface area contributed by atoms with E-state index in [1.54, 1.807) is 0 Å². The van der Waals surface area contributed by atoms with Gasteiger partial charge in [-0.1, -0.05) is 33.3 Å². The van der Waals surface area contributed by atoms with Crippen molar-refractivity contribution in [3.05, 3.63) is 23.8 Å². The van der Waals surface area contributed by atoms with E-state index in [2.05, 4.69) is 36.7 Å². The van der Waals surface area contributed by atoms with E-state index in [4.69, 9.17) is 0 Å². The summed E-state index contributed by atoms with van der Waals surface area (Å²) in [6.07, 6.45) is 0.934. The van der Waals surface area contributed by atoms with Crippen LogP contribution in [0.3, 0.4) is 0 Å². The molecule has 0 fully saturated rings. The number of benzene rings is 1. The fourth-order valence-electron chi connectivity index (χ4n) is 2.61. The van der Waals surface area contributed by atoms with Crippen LogP contribution in [0, 0.1) is 5.92 Å². The van der Waals surface area contributed by atoms with E-state index in [1.807, 2.05) is 18.2 Å². The van der Waals surface area contributed by atoms with Gasteiger partial charge >= 0.3 is 0 Å². The minimum atomic E-state index is -0.274. The lowest BCUT2D eigenvalue weighted by molar-refractivity contribution is -0.123. The number of carbonyl (C=O) groups is 2. The van der Waals surface area contributed by atoms with Gasteiger partial charge in [0.15, 0.2) is 0 Å². The molecule has 2 unspecified atom stereocenters. The first kappa shape index (κ1) is 15.5. The van der Waals surface area contributed by atoms with E-state index in [0.29, 0.717) is 17.3 Å². The van der Waals surface area contributed by atoms with Gasteiger partial charge in [0.2, 0.25) is 11.8 Å². The fourth-order valence-corrected chi connectivity index (χ4v) is 2.61. The Morgan fingerprint density at radius 3 is 2.43 bits per heavy atom. The van der Waals surface area contributed by atoms with Crippen molar-refractivity contribution in [1.29, 1.82) is 0 Å². The maximum Gasteiger partial charge on any atom is 0.233 e. The molecule has 0 saturated carbocycles. The Balaban J connectivity index is 2.34. The van der Waals surface area contributed by atoms with Crippen molar-refractivity contribution in [2.24, 2.45) is 5.92 Å². The lowest BCUT2D eigenvalue weighted by atomic mass is 9.92. The third-order valence-electron chi connectivity index (χ3n) is 3.91. The predicted molar refractivity (Wildman–Crippen MR) is 84.2 cm³/mol. The van der Waals surface area contributed by atoms with Crippen LogP contribution >= 0.6 is 0 Å². The number of hydrogen-bond acceptors (Lipinski definition) is 3. The monoisotopic (exact) mass is 289 g/mol. The fraction of sp³-hybridized carbons (Fsp3) is 0.500. The van der Waals surface area contributed by atoms with Crippen LogP contribution in [0.4, 0.5) is 11.4 Å². The smallest absolute Gasteiger partial charge is 0.233 e. The summed E-state index contributed by atoms with van der Waals surface area (Å²) < 4.78 is 0. The molecule has 0 aliphatic carbocycles. The third kappa shape index (κ3) is 3.61. The molecule has 1 aromatic carbocycles. The zero-order chi connectivity index (χ0) is 15.4. The van der Waals surface area contributed by atoms with Crippen LogP contribution in [0.15, 0.2) is 18.2 Å². The summed E-state index contributed by atoms with van der Waals surface area (Å²) in [7, 11) is 0. The van der Waals surface area contributed by atoms with Crippen LogP contribution in [0.5, 0.6) is 0 Å². The number of carbonyl (C=O) groups excluding carboxylic acids is 2. The number of fused-ring (bicyclic) bond motifs is 1. The van der Waals surface area contributed by atoms with Crippen molar-refractivity contribution in [3.8, 4) is 0 Å². The molecule has 0 radical (unpaired) electrons. The number of rotatable bonds is 5. The largest absolute Gasteiger partial charge is 0.324 e. The second-order valence-electron chi connectivity index (χ2n) is 5.50. The highest BCUT2D eigenvalue weighted by atomic mass is 16.2. The molecule has 0 spiro atoms. The van der Waals surface area contributed by atoms with Crippen molar-refractivity contribution in [2.75, 3.05) is 17.2 Å². The highest BCUT2D eigenvalue weighted by Crippen LogP contribution is 2.31. The molecule has 5 heteroatoms. The average molecular weight is 289 g/mol. The topological polar surface area (TPSA) is 70.2 Å². The lowest BCUT2D eigenvalue weighted by Gasteiger charge is -2.25. The Hall–Kier alpha value is -1.88. The van der Waals surface area contributed by atoms with E-state index < -0.39 is 0 Å². The molecule has 3 N–H and O–H groups in total. The van der Waals surface area contributed by atoms with Crippen molar-refractivity contribution in [3.63, 3.8) is 0 Å². The van der Waals surface area contributed by atoms with Crippen molar-refractivity contribution < 1.29 is 9.59 Å². The lowest BCUT2D eigenvalue weighted by Crippen LogP contribution is -2.26. The molecule has 114 valence electrons. The molecular formula is C16H23N3O2. The van der Waals surface area contributed by atoms with Gasteiger partial charge in [0.05, 0.1) is 11.4 Å². The Morgan fingerprint density at radius 1 is 1.14 bits per heavy atom. The quantitative estimate of drug-likeness (QED) is 0.730. The van der Waals surface area contributed by atoms with Crippen LogP contribution in [0.1, 0.15) is 45.2 Å². The van der Waals surface area contributed by atoms with Gasteiger partial charge in [0, 0.05) is 6.04 Å². The molecular weight excluding hydrogens is 266 g/mol. The molecule has 0 aromatic heterocycles. The molecule has 21 heavy (non-hydrogen) atoms. The van der Waals surface area contributed by atoms with E-state index in [9.17, 15) is 9.59 Å². The summed E-state index contributed by atoms with van der Waals surface area (Å²) in [5.74, 6) is -0.0600. The van der Waals surface area contributed by atoms with Crippen molar-refractivity contribution >= 4 is 23.2 Å². The maximum atomic E-state index is 11.7. The van der Waals surface area contributed by atoms with Gasteiger partial charge in [-0.05, 0) is 30.2 Å². The van der Waals surface area contributed by atoms with Crippen LogP contribution in [-0.2, 0) is 9.59 Å². The van der Waals surface area contributed by atoms with E-state index in [0.717, 1.165) is 18.5 Å². The van der Waals surface area contributed by atoms with Gasteiger partial charge < -0.3 is 16.0 Å². The Morgan fingerprint density at radius 2 is 1.81 bits per heavy atom. The standard InChI is InChI=1S/C16H23N3O2/c1-4-10(3)16(17-5-2)11-6-7-12-13(8-11)19-15(21)9-14(20)18-12/h6-8,10,16-17H,4-5,9H2,1-3H3,(H,18,20)(H,19,21). The minimum Gasteiger partial charge on any atom is -0.324 e. The summed E-state index contributed by atoms with van der Waals surface area (Å²) in [5, 5.41) is 9.04. The Labute approximate surface area is 125 Å². The van der Waals surface area contributed by atoms with Gasteiger partial charge in [-0.2, -0.15) is 0 Å². The van der Waals surface area contributed by atoms with Crippen LogP contribution in [0.25, 0.3) is 0 Å². The van der Waals surface area contributed by atoms with Gasteiger partial charge in [-0.15, -0.1) is 0 Å². The molecule has 5 nitrogen and oxygen atoms in total. The number of anilines is 2. The summed E-state index contributed by atoms with van der Waals surface area (Å²) in [6, 6.07) is 6.07. The summed E-state index contributed by atoms with van der Waals surface area (Å²) >= 11 is 0. The molecule has 1 aliphatic rings. The first-order valence-electron chi connectivity index (χ1n) is 7.52. The number of nitrogens with one attached hydrogen (secondary N) is 3. The summed E-state index contributed by atoms with van der Waals surface area (Å²) in [6.45, 7) is 7.34. The van der Waals surface area contributed by atoms with Gasteiger partial charge in [0.1, 0.15) is 6.42 Å². The summed E-state index contributed by atoms with van der Waals surface area (Å²) in [5.41, 5.74) is 2.46. The van der Waals surface area contributed by atoms with E-state index >= 15 is 0 Å². The average Bonchev–Trinajstić information content (AvgIpc) is 2.59. The molecule has 0 saturated heterocycles. The molecule has 1 aromatic rings. The number of hydrogen-bond donors (Lipinski definition) is 3. The summed E-state index contributed by atoms with van der Waals surface area (Å²) in [4.78, 5) is 23.2. The van der Waals surface area contributed by atoms with E-state index in [1.165, 1.54) is 0 Å². The second-order valence-corrected chi connectivity index (χ2v) is 5.50. The SMILES string of the molecule is CCNC(c1ccc2c(c1)NC(=O)CC(=O)N2)C(C)CC. The molecule has 2 amide bonds. The van der Waals surface area contributed by atoms with Crippen molar-refractivity contribution in [2.45, 2.75) is 39.7 Å². The Kier molecular flexibility index (Phi) is 4.96. The predicted octanol–water partition coefficient (Wildman–Crippen LogP) is 2.66. The Bertz CT molecular complexity index is 542.